The number of aromatic nitrogens is 1. The number of benzene rings is 2. The van der Waals surface area contributed by atoms with E-state index in [2.05, 4.69) is 54.9 Å². The van der Waals surface area contributed by atoms with E-state index in [0.717, 1.165) is 61.8 Å². The SMILES string of the molecule is CC(C)(C)C[C@H]1C(=O)N(C2CCN(CCCCO)C2)C=C2N(C(=O)/C=C/c3nc4ccccc4s3)O[C@H](C[C@H]3C[C@@H]3CCc3ccccc3)C(=O)N21. The minimum absolute atomic E-state index is 0.0985. The van der Waals surface area contributed by atoms with Gasteiger partial charge in [-0.25, -0.2) is 4.98 Å². The molecule has 4 heterocycles. The number of para-hydroxylation sites is 1. The summed E-state index contributed by atoms with van der Waals surface area (Å²) < 4.78 is 1.03. The molecule has 52 heavy (non-hydrogen) atoms. The molecular formula is C41H51N5O5S. The van der Waals surface area contributed by atoms with E-state index >= 15 is 0 Å². The first-order chi connectivity index (χ1) is 25.1. The smallest absolute Gasteiger partial charge is 0.276 e. The lowest BCUT2D eigenvalue weighted by molar-refractivity contribution is -0.226. The molecule has 1 N–H and O–H groups in total. The van der Waals surface area contributed by atoms with Crippen molar-refractivity contribution < 1.29 is 24.3 Å². The van der Waals surface area contributed by atoms with Crippen LogP contribution in [0.4, 0.5) is 0 Å². The van der Waals surface area contributed by atoms with Gasteiger partial charge < -0.3 is 14.9 Å². The van der Waals surface area contributed by atoms with E-state index in [0.29, 0.717) is 42.1 Å². The van der Waals surface area contributed by atoms with Gasteiger partial charge in [0.1, 0.15) is 11.0 Å². The van der Waals surface area contributed by atoms with E-state index < -0.39 is 18.1 Å². The summed E-state index contributed by atoms with van der Waals surface area (Å²) in [5.74, 6) is 0.308. The molecule has 3 aromatic rings. The second kappa shape index (κ2) is 15.6. The second-order valence-electron chi connectivity index (χ2n) is 16.0. The van der Waals surface area contributed by atoms with Gasteiger partial charge in [-0.1, -0.05) is 63.2 Å². The topological polar surface area (TPSA) is 107 Å². The third-order valence-electron chi connectivity index (χ3n) is 10.7. The molecule has 1 saturated carbocycles. The molecule has 3 amide bonds. The molecule has 276 valence electrons. The Labute approximate surface area is 310 Å². The van der Waals surface area contributed by atoms with Gasteiger partial charge in [0, 0.05) is 25.8 Å². The van der Waals surface area contributed by atoms with Crippen LogP contribution in [0.15, 0.2) is 72.7 Å². The summed E-state index contributed by atoms with van der Waals surface area (Å²) in [6.07, 6.45) is 10.4. The molecule has 2 aromatic carbocycles. The summed E-state index contributed by atoms with van der Waals surface area (Å²) in [7, 11) is 0. The highest BCUT2D eigenvalue weighted by atomic mass is 32.1. The molecule has 7 rings (SSSR count). The predicted octanol–water partition coefficient (Wildman–Crippen LogP) is 6.23. The van der Waals surface area contributed by atoms with Gasteiger partial charge in [-0.05, 0) is 98.9 Å². The van der Waals surface area contributed by atoms with E-state index in [1.54, 1.807) is 22.1 Å². The number of aliphatic hydroxyl groups excluding tert-OH is 1. The molecule has 11 heteroatoms. The standard InChI is InChI=1S/C41H51N5O5S/c1-41(2,3)25-33-39(49)44(31-19-21-43(26-31)20-9-10-22-47)27-37-45(33)40(50)34(24-30-23-29(30)16-15-28-11-5-4-6-12-28)51-46(37)38(48)18-17-36-42-32-13-7-8-14-35(32)52-36/h4-8,11-14,17-18,27,29-31,33-34,47H,9-10,15-16,19-26H2,1-3H3/b18-17+/t29-,30+,31?,33-,34+/m0/s1. The largest absolute Gasteiger partial charge is 0.396 e. The van der Waals surface area contributed by atoms with Crippen molar-refractivity contribution in [3.8, 4) is 0 Å². The number of rotatable bonds is 13. The van der Waals surface area contributed by atoms with Crippen molar-refractivity contribution >= 4 is 45.4 Å². The summed E-state index contributed by atoms with van der Waals surface area (Å²) in [6, 6.07) is 17.4. The van der Waals surface area contributed by atoms with Crippen molar-refractivity contribution in [2.45, 2.75) is 90.3 Å². The Hall–Kier alpha value is -3.90. The quantitative estimate of drug-likeness (QED) is 0.165. The van der Waals surface area contributed by atoms with Crippen LogP contribution in [0.1, 0.15) is 76.3 Å². The monoisotopic (exact) mass is 725 g/mol. The molecule has 1 aliphatic carbocycles. The number of fused-ring (bicyclic) bond motifs is 2. The van der Waals surface area contributed by atoms with Crippen molar-refractivity contribution in [3.05, 3.63) is 83.3 Å². The normalized spacial score (nSPS) is 25.3. The number of thiazole rings is 1. The average Bonchev–Trinajstić information content (AvgIpc) is 3.47. The van der Waals surface area contributed by atoms with Gasteiger partial charge in [-0.2, -0.15) is 5.06 Å². The highest BCUT2D eigenvalue weighted by Gasteiger charge is 2.53. The number of amides is 3. The first kappa shape index (κ1) is 36.5. The lowest BCUT2D eigenvalue weighted by atomic mass is 9.85. The maximum Gasteiger partial charge on any atom is 0.276 e. The molecule has 3 aliphatic heterocycles. The van der Waals surface area contributed by atoms with Crippen molar-refractivity contribution in [3.63, 3.8) is 0 Å². The highest BCUT2D eigenvalue weighted by molar-refractivity contribution is 7.19. The van der Waals surface area contributed by atoms with E-state index in [-0.39, 0.29) is 29.9 Å². The van der Waals surface area contributed by atoms with Crippen LogP contribution in [0.5, 0.6) is 0 Å². The average molecular weight is 726 g/mol. The molecule has 5 atom stereocenters. The number of unbranched alkanes of at least 4 members (excludes halogenated alkanes) is 1. The summed E-state index contributed by atoms with van der Waals surface area (Å²) in [5.41, 5.74) is 1.91. The minimum atomic E-state index is -0.876. The Balaban J connectivity index is 1.17. The maximum absolute atomic E-state index is 14.5. The lowest BCUT2D eigenvalue weighted by Gasteiger charge is -2.49. The number of carbonyl (C=O) groups excluding carboxylic acids is 3. The molecule has 3 fully saturated rings. The zero-order valence-electron chi connectivity index (χ0n) is 30.5. The van der Waals surface area contributed by atoms with E-state index in [4.69, 9.17) is 4.84 Å². The Morgan fingerprint density at radius 2 is 1.83 bits per heavy atom. The number of aryl methyl sites for hydroxylation is 1. The summed E-state index contributed by atoms with van der Waals surface area (Å²) in [4.78, 5) is 60.0. The number of carbonyl (C=O) groups is 3. The van der Waals surface area contributed by atoms with Gasteiger partial charge in [-0.15, -0.1) is 11.3 Å². The zero-order valence-corrected chi connectivity index (χ0v) is 31.3. The molecule has 1 unspecified atom stereocenters. The van der Waals surface area contributed by atoms with Crippen molar-refractivity contribution in [1.29, 1.82) is 0 Å². The lowest BCUT2D eigenvalue weighted by Crippen LogP contribution is -2.64. The van der Waals surface area contributed by atoms with Gasteiger partial charge in [0.2, 0.25) is 5.91 Å². The van der Waals surface area contributed by atoms with Crippen LogP contribution in [0.3, 0.4) is 0 Å². The number of nitrogens with zero attached hydrogens (tertiary/aromatic N) is 5. The first-order valence-electron chi connectivity index (χ1n) is 18.9. The summed E-state index contributed by atoms with van der Waals surface area (Å²) >= 11 is 1.50. The van der Waals surface area contributed by atoms with Crippen LogP contribution in [0, 0.1) is 17.3 Å². The fraction of sp³-hybridized carbons (Fsp3) is 0.512. The zero-order chi connectivity index (χ0) is 36.4. The predicted molar refractivity (Wildman–Crippen MR) is 202 cm³/mol. The number of likely N-dealkylation sites (tertiary alicyclic amines) is 1. The highest BCUT2D eigenvalue weighted by Crippen LogP contribution is 2.47. The molecule has 0 spiro atoms. The van der Waals surface area contributed by atoms with Crippen molar-refractivity contribution in [1.82, 2.24) is 24.7 Å². The first-order valence-corrected chi connectivity index (χ1v) is 19.7. The van der Waals surface area contributed by atoms with Crippen LogP contribution < -0.4 is 0 Å². The van der Waals surface area contributed by atoms with Gasteiger partial charge >= 0.3 is 0 Å². The molecule has 10 nitrogen and oxygen atoms in total. The number of hydrogen-bond acceptors (Lipinski definition) is 8. The third kappa shape index (κ3) is 8.33. The fourth-order valence-electron chi connectivity index (χ4n) is 7.93. The summed E-state index contributed by atoms with van der Waals surface area (Å²) in [5, 5.41) is 11.2. The molecular weight excluding hydrogens is 675 g/mol. The van der Waals surface area contributed by atoms with Crippen LogP contribution in [0.25, 0.3) is 16.3 Å². The van der Waals surface area contributed by atoms with E-state index in [1.807, 2.05) is 30.3 Å². The Kier molecular flexibility index (Phi) is 10.9. The Morgan fingerprint density at radius 3 is 2.60 bits per heavy atom. The second-order valence-corrected chi connectivity index (χ2v) is 17.1. The van der Waals surface area contributed by atoms with Crippen LogP contribution in [-0.2, 0) is 25.6 Å². The fourth-order valence-corrected chi connectivity index (χ4v) is 8.80. The molecule has 0 radical (unpaired) electrons. The van der Waals surface area contributed by atoms with Crippen LogP contribution >= 0.6 is 11.3 Å². The third-order valence-corrected chi connectivity index (χ3v) is 11.7. The van der Waals surface area contributed by atoms with Gasteiger partial charge in [0.15, 0.2) is 11.9 Å². The van der Waals surface area contributed by atoms with Gasteiger partial charge in [-0.3, -0.25) is 24.1 Å². The number of hydrogen-bond donors (Lipinski definition) is 1. The van der Waals surface area contributed by atoms with E-state index in [9.17, 15) is 19.5 Å². The van der Waals surface area contributed by atoms with Gasteiger partial charge in [0.25, 0.3) is 11.8 Å². The Morgan fingerprint density at radius 1 is 1.04 bits per heavy atom. The van der Waals surface area contributed by atoms with Crippen molar-refractivity contribution in [2.75, 3.05) is 26.2 Å². The van der Waals surface area contributed by atoms with Crippen molar-refractivity contribution in [2.24, 2.45) is 17.3 Å². The van der Waals surface area contributed by atoms with Crippen LogP contribution in [-0.4, -0.2) is 92.0 Å². The maximum atomic E-state index is 14.5. The summed E-state index contributed by atoms with van der Waals surface area (Å²) in [6.45, 7) is 8.79. The Bertz CT molecular complexity index is 1790. The van der Waals surface area contributed by atoms with Gasteiger partial charge in [0.05, 0.1) is 22.5 Å². The van der Waals surface area contributed by atoms with Crippen LogP contribution in [0.2, 0.25) is 0 Å². The molecule has 2 saturated heterocycles. The number of aliphatic hydroxyl groups is 1. The molecule has 0 bridgehead atoms. The minimum Gasteiger partial charge on any atom is -0.396 e. The van der Waals surface area contributed by atoms with E-state index in [1.165, 1.54) is 28.0 Å². The molecule has 1 aromatic heterocycles. The molecule has 4 aliphatic rings. The number of hydroxylamine groups is 2.